The molecule has 1 saturated heterocycles. The molecule has 2 aromatic heterocycles. The van der Waals surface area contributed by atoms with Crippen molar-refractivity contribution in [2.45, 2.75) is 52.3 Å². The number of aromatic nitrogens is 4. The Kier molecular flexibility index (Phi) is 4.49. The monoisotopic (exact) mass is 366 g/mol. The molecule has 0 radical (unpaired) electrons. The molecular formula is C16H23ClN6O2. The highest BCUT2D eigenvalue weighted by Gasteiger charge is 2.37. The molecule has 136 valence electrons. The Morgan fingerprint density at radius 3 is 2.64 bits per heavy atom. The smallest absolute Gasteiger partial charge is 0.410 e. The van der Waals surface area contributed by atoms with Crippen molar-refractivity contribution in [3.05, 3.63) is 11.5 Å². The highest BCUT2D eigenvalue weighted by molar-refractivity contribution is 6.33. The van der Waals surface area contributed by atoms with E-state index in [1.54, 1.807) is 4.90 Å². The maximum Gasteiger partial charge on any atom is 0.410 e. The summed E-state index contributed by atoms with van der Waals surface area (Å²) >= 11 is 6.16. The van der Waals surface area contributed by atoms with Crippen molar-refractivity contribution in [3.63, 3.8) is 0 Å². The third-order valence-electron chi connectivity index (χ3n) is 3.73. The Balaban J connectivity index is 1.84. The minimum absolute atomic E-state index is 0.0599. The molecule has 1 aliphatic heterocycles. The molecule has 0 aliphatic carbocycles. The van der Waals surface area contributed by atoms with Crippen LogP contribution in [0.4, 0.5) is 10.7 Å². The number of hydrogen-bond donors (Lipinski definition) is 1. The van der Waals surface area contributed by atoms with Gasteiger partial charge in [-0.3, -0.25) is 4.57 Å². The zero-order valence-corrected chi connectivity index (χ0v) is 15.8. The van der Waals surface area contributed by atoms with Crippen molar-refractivity contribution in [2.75, 3.05) is 18.4 Å². The first kappa shape index (κ1) is 17.7. The lowest BCUT2D eigenvalue weighted by molar-refractivity contribution is 0.00165. The summed E-state index contributed by atoms with van der Waals surface area (Å²) in [6.45, 7) is 10.7. The van der Waals surface area contributed by atoms with E-state index in [1.165, 1.54) is 6.33 Å². The molecule has 0 spiro atoms. The Bertz CT molecular complexity index is 792. The lowest BCUT2D eigenvalue weighted by Crippen LogP contribution is -2.52. The van der Waals surface area contributed by atoms with Gasteiger partial charge in [0.05, 0.1) is 6.04 Å². The summed E-state index contributed by atoms with van der Waals surface area (Å²) in [5.74, 6) is 0.682. The van der Waals surface area contributed by atoms with Gasteiger partial charge in [-0.15, -0.1) is 0 Å². The van der Waals surface area contributed by atoms with Crippen molar-refractivity contribution in [1.82, 2.24) is 24.4 Å². The van der Waals surface area contributed by atoms with Gasteiger partial charge in [-0.1, -0.05) is 11.6 Å². The molecule has 0 atom stereocenters. The van der Waals surface area contributed by atoms with Crippen LogP contribution in [0.15, 0.2) is 6.33 Å². The van der Waals surface area contributed by atoms with E-state index in [-0.39, 0.29) is 18.2 Å². The number of hydrogen-bond acceptors (Lipinski definition) is 6. The molecule has 2 aromatic rings. The third kappa shape index (κ3) is 3.63. The number of anilines is 1. The van der Waals surface area contributed by atoms with E-state index in [2.05, 4.69) is 20.3 Å². The number of carbonyl (C=O) groups is 1. The fourth-order valence-corrected chi connectivity index (χ4v) is 2.85. The van der Waals surface area contributed by atoms with Crippen LogP contribution in [0, 0.1) is 0 Å². The van der Waals surface area contributed by atoms with E-state index in [9.17, 15) is 4.79 Å². The average molecular weight is 367 g/mol. The maximum atomic E-state index is 12.2. The lowest BCUT2D eigenvalue weighted by atomic mass is 10.1. The van der Waals surface area contributed by atoms with Gasteiger partial charge in [0.2, 0.25) is 5.95 Å². The van der Waals surface area contributed by atoms with Crippen LogP contribution >= 0.6 is 11.6 Å². The third-order valence-corrected chi connectivity index (χ3v) is 4.01. The summed E-state index contributed by atoms with van der Waals surface area (Å²) < 4.78 is 7.40. The summed E-state index contributed by atoms with van der Waals surface area (Å²) in [5.41, 5.74) is 0.717. The van der Waals surface area contributed by atoms with Crippen LogP contribution in [-0.4, -0.2) is 55.2 Å². The molecule has 1 aliphatic rings. The summed E-state index contributed by atoms with van der Waals surface area (Å²) in [4.78, 5) is 26.7. The summed E-state index contributed by atoms with van der Waals surface area (Å²) in [7, 11) is 0. The molecule has 1 N–H and O–H groups in total. The van der Waals surface area contributed by atoms with E-state index >= 15 is 0 Å². The summed E-state index contributed by atoms with van der Waals surface area (Å²) in [6.07, 6.45) is 1.12. The maximum absolute atomic E-state index is 12.2. The molecule has 9 heteroatoms. The molecule has 1 amide bonds. The van der Waals surface area contributed by atoms with E-state index < -0.39 is 5.60 Å². The topological polar surface area (TPSA) is 85.2 Å². The quantitative estimate of drug-likeness (QED) is 0.840. The Morgan fingerprint density at radius 1 is 1.36 bits per heavy atom. The van der Waals surface area contributed by atoms with Gasteiger partial charge in [-0.05, 0) is 34.6 Å². The van der Waals surface area contributed by atoms with Gasteiger partial charge in [-0.2, -0.15) is 0 Å². The zero-order chi connectivity index (χ0) is 18.4. The first-order valence-electron chi connectivity index (χ1n) is 8.28. The van der Waals surface area contributed by atoms with Crippen LogP contribution in [0.3, 0.4) is 0 Å². The van der Waals surface area contributed by atoms with Crippen LogP contribution < -0.4 is 5.32 Å². The number of imidazole rings is 1. The Hall–Kier alpha value is -2.09. The standard InChI is InChI=1S/C16H23ClN6O2/c1-9(2)20-14-21-11-12(17)18-8-19-13(11)23(14)10-6-22(7-10)15(24)25-16(3,4)5/h8-10H,6-7H2,1-5H3,(H,20,21). The first-order chi connectivity index (χ1) is 11.7. The second kappa shape index (κ2) is 6.33. The van der Waals surface area contributed by atoms with Crippen LogP contribution in [0.5, 0.6) is 0 Å². The SMILES string of the molecule is CC(C)Nc1nc2c(Cl)ncnc2n1C1CN(C(=O)OC(C)(C)C)C1. The number of fused-ring (bicyclic) bond motifs is 1. The van der Waals surface area contributed by atoms with Gasteiger partial charge in [0, 0.05) is 19.1 Å². The van der Waals surface area contributed by atoms with Gasteiger partial charge in [0.1, 0.15) is 17.4 Å². The highest BCUT2D eigenvalue weighted by Crippen LogP contribution is 2.32. The number of rotatable bonds is 3. The molecule has 3 heterocycles. The molecule has 3 rings (SSSR count). The fraction of sp³-hybridized carbons (Fsp3) is 0.625. The van der Waals surface area contributed by atoms with E-state index in [0.29, 0.717) is 35.4 Å². The molecule has 0 unspecified atom stereocenters. The number of amides is 1. The normalized spacial score (nSPS) is 15.6. The fourth-order valence-electron chi connectivity index (χ4n) is 2.68. The number of carbonyl (C=O) groups excluding carboxylic acids is 1. The van der Waals surface area contributed by atoms with Crippen molar-refractivity contribution in [2.24, 2.45) is 0 Å². The van der Waals surface area contributed by atoms with E-state index in [1.807, 2.05) is 39.2 Å². The molecule has 8 nitrogen and oxygen atoms in total. The number of nitrogens with one attached hydrogen (secondary N) is 1. The van der Waals surface area contributed by atoms with Crippen LogP contribution in [0.2, 0.25) is 5.15 Å². The average Bonchev–Trinajstić information content (AvgIpc) is 2.74. The second-order valence-electron chi connectivity index (χ2n) is 7.48. The van der Waals surface area contributed by atoms with Gasteiger partial charge >= 0.3 is 6.09 Å². The summed E-state index contributed by atoms with van der Waals surface area (Å²) in [6, 6.07) is 0.258. The van der Waals surface area contributed by atoms with E-state index in [4.69, 9.17) is 16.3 Å². The summed E-state index contributed by atoms with van der Waals surface area (Å²) in [5, 5.41) is 3.63. The minimum Gasteiger partial charge on any atom is -0.444 e. The molecule has 0 saturated carbocycles. The van der Waals surface area contributed by atoms with Crippen molar-refractivity contribution in [1.29, 1.82) is 0 Å². The second-order valence-corrected chi connectivity index (χ2v) is 7.84. The number of ether oxygens (including phenoxy) is 1. The largest absolute Gasteiger partial charge is 0.444 e. The zero-order valence-electron chi connectivity index (χ0n) is 15.1. The van der Waals surface area contributed by atoms with Gasteiger partial charge in [0.15, 0.2) is 10.8 Å². The van der Waals surface area contributed by atoms with Crippen molar-refractivity contribution in [3.8, 4) is 0 Å². The van der Waals surface area contributed by atoms with Crippen LogP contribution in [0.1, 0.15) is 40.7 Å². The Morgan fingerprint density at radius 2 is 2.04 bits per heavy atom. The Labute approximate surface area is 151 Å². The molecular weight excluding hydrogens is 344 g/mol. The lowest BCUT2D eigenvalue weighted by Gasteiger charge is -2.40. The molecule has 0 aromatic carbocycles. The number of likely N-dealkylation sites (tertiary alicyclic amines) is 1. The van der Waals surface area contributed by atoms with Gasteiger partial charge in [0.25, 0.3) is 0 Å². The van der Waals surface area contributed by atoms with Crippen LogP contribution in [0.25, 0.3) is 11.2 Å². The minimum atomic E-state index is -0.505. The predicted octanol–water partition coefficient (Wildman–Crippen LogP) is 3.09. The highest BCUT2D eigenvalue weighted by atomic mass is 35.5. The molecule has 0 bridgehead atoms. The predicted molar refractivity (Wildman–Crippen MR) is 95.9 cm³/mol. The number of halogens is 1. The number of nitrogens with zero attached hydrogens (tertiary/aromatic N) is 5. The first-order valence-corrected chi connectivity index (χ1v) is 8.66. The van der Waals surface area contributed by atoms with Gasteiger partial charge < -0.3 is 15.0 Å². The molecule has 25 heavy (non-hydrogen) atoms. The van der Waals surface area contributed by atoms with E-state index in [0.717, 1.165) is 0 Å². The molecule has 1 fully saturated rings. The van der Waals surface area contributed by atoms with Crippen LogP contribution in [-0.2, 0) is 4.74 Å². The van der Waals surface area contributed by atoms with Crippen molar-refractivity contribution < 1.29 is 9.53 Å². The van der Waals surface area contributed by atoms with Gasteiger partial charge in [-0.25, -0.2) is 19.7 Å². The van der Waals surface area contributed by atoms with Crippen molar-refractivity contribution >= 4 is 34.8 Å².